The number of hydrogen-bond acceptors (Lipinski definition) is 3. The molecule has 0 aromatic carbocycles. The second-order valence-corrected chi connectivity index (χ2v) is 5.70. The van der Waals surface area contributed by atoms with Crippen LogP contribution in [0, 0.1) is 17.2 Å². The Balaban J connectivity index is 2.30. The molecule has 1 atom stereocenters. The molecule has 0 fully saturated rings. The summed E-state index contributed by atoms with van der Waals surface area (Å²) in [6.07, 6.45) is 4.57. The Bertz CT molecular complexity index is 414. The van der Waals surface area contributed by atoms with Crippen LogP contribution in [0.4, 0.5) is 5.00 Å². The van der Waals surface area contributed by atoms with Crippen molar-refractivity contribution in [1.82, 2.24) is 0 Å². The van der Waals surface area contributed by atoms with Crippen molar-refractivity contribution < 1.29 is 0 Å². The monoisotopic (exact) mass is 234 g/mol. The van der Waals surface area contributed by atoms with Gasteiger partial charge in [-0.3, -0.25) is 0 Å². The summed E-state index contributed by atoms with van der Waals surface area (Å²) in [6, 6.07) is 2.38. The van der Waals surface area contributed by atoms with Gasteiger partial charge in [0.25, 0.3) is 0 Å². The highest BCUT2D eigenvalue weighted by Gasteiger charge is 2.23. The molecule has 1 aliphatic rings. The van der Waals surface area contributed by atoms with Gasteiger partial charge in [-0.25, -0.2) is 0 Å². The van der Waals surface area contributed by atoms with Crippen LogP contribution in [0.5, 0.6) is 0 Å². The molecule has 2 rings (SSSR count). The van der Waals surface area contributed by atoms with E-state index in [0.717, 1.165) is 42.3 Å². The third-order valence-electron chi connectivity index (χ3n) is 3.16. The molecule has 0 saturated carbocycles. The minimum atomic E-state index is 0.775. The van der Waals surface area contributed by atoms with Gasteiger partial charge < -0.3 is 5.32 Å². The zero-order valence-electron chi connectivity index (χ0n) is 9.97. The van der Waals surface area contributed by atoms with Crippen LogP contribution in [0.2, 0.25) is 0 Å². The summed E-state index contributed by atoms with van der Waals surface area (Å²) in [5.41, 5.74) is 2.24. The predicted octanol–water partition coefficient (Wildman–Crippen LogP) is 3.57. The van der Waals surface area contributed by atoms with Crippen LogP contribution in [-0.4, -0.2) is 6.54 Å². The molecule has 1 aliphatic carbocycles. The lowest BCUT2D eigenvalue weighted by Gasteiger charge is -2.17. The van der Waals surface area contributed by atoms with E-state index in [1.807, 2.05) is 0 Å². The van der Waals surface area contributed by atoms with E-state index in [2.05, 4.69) is 25.2 Å². The van der Waals surface area contributed by atoms with Crippen LogP contribution >= 0.6 is 11.3 Å². The average Bonchev–Trinajstić information content (AvgIpc) is 2.62. The third kappa shape index (κ3) is 2.08. The second kappa shape index (κ2) is 4.88. The van der Waals surface area contributed by atoms with Crippen molar-refractivity contribution in [3.63, 3.8) is 0 Å². The number of rotatable bonds is 3. The third-order valence-corrected chi connectivity index (χ3v) is 4.37. The summed E-state index contributed by atoms with van der Waals surface area (Å²) in [4.78, 5) is 1.44. The van der Waals surface area contributed by atoms with Gasteiger partial charge in [-0.15, -0.1) is 11.3 Å². The molecule has 0 radical (unpaired) electrons. The molecule has 0 spiro atoms. The molecule has 1 aromatic rings. The van der Waals surface area contributed by atoms with Crippen molar-refractivity contribution in [3.8, 4) is 6.07 Å². The average molecular weight is 234 g/mol. The van der Waals surface area contributed by atoms with E-state index in [1.165, 1.54) is 16.9 Å². The Morgan fingerprint density at radius 1 is 1.56 bits per heavy atom. The highest BCUT2D eigenvalue weighted by atomic mass is 32.1. The van der Waals surface area contributed by atoms with Gasteiger partial charge in [0.05, 0.1) is 5.56 Å². The first kappa shape index (κ1) is 11.5. The maximum atomic E-state index is 9.25. The number of nitriles is 1. The fraction of sp³-hybridized carbons (Fsp3) is 0.615. The summed E-state index contributed by atoms with van der Waals surface area (Å²) in [5.74, 6) is 0.775. The number of thiophene rings is 1. The molecular formula is C13H18N2S. The lowest BCUT2D eigenvalue weighted by atomic mass is 9.89. The fourth-order valence-corrected chi connectivity index (χ4v) is 3.62. The van der Waals surface area contributed by atoms with Crippen molar-refractivity contribution in [1.29, 1.82) is 5.26 Å². The standard InChI is InChI=1S/C13H18N2S/c1-3-6-15-13-11(8-14)10-5-4-9(2)7-12(10)16-13/h9,15H,3-7H2,1-2H3. The van der Waals surface area contributed by atoms with E-state index in [9.17, 15) is 5.26 Å². The number of anilines is 1. The van der Waals surface area contributed by atoms with E-state index in [-0.39, 0.29) is 0 Å². The second-order valence-electron chi connectivity index (χ2n) is 4.59. The maximum absolute atomic E-state index is 9.25. The molecular weight excluding hydrogens is 216 g/mol. The fourth-order valence-electron chi connectivity index (χ4n) is 2.23. The van der Waals surface area contributed by atoms with Gasteiger partial charge in [0.1, 0.15) is 11.1 Å². The molecule has 86 valence electrons. The molecule has 2 nitrogen and oxygen atoms in total. The topological polar surface area (TPSA) is 35.8 Å². The van der Waals surface area contributed by atoms with E-state index >= 15 is 0 Å². The first-order valence-corrected chi connectivity index (χ1v) is 6.86. The smallest absolute Gasteiger partial charge is 0.107 e. The Kier molecular flexibility index (Phi) is 3.50. The van der Waals surface area contributed by atoms with Crippen LogP contribution in [0.3, 0.4) is 0 Å². The SMILES string of the molecule is CCCNc1sc2c(c1C#N)CCC(C)C2. The highest BCUT2D eigenvalue weighted by Crippen LogP contribution is 2.39. The van der Waals surface area contributed by atoms with Gasteiger partial charge in [0.2, 0.25) is 0 Å². The molecule has 0 aliphatic heterocycles. The zero-order chi connectivity index (χ0) is 11.5. The van der Waals surface area contributed by atoms with Crippen LogP contribution < -0.4 is 5.32 Å². The van der Waals surface area contributed by atoms with Gasteiger partial charge in [-0.1, -0.05) is 13.8 Å². The first-order chi connectivity index (χ1) is 7.76. The minimum absolute atomic E-state index is 0.775. The molecule has 0 saturated heterocycles. The molecule has 3 heteroatoms. The molecule has 1 N–H and O–H groups in total. The van der Waals surface area contributed by atoms with Gasteiger partial charge in [0, 0.05) is 11.4 Å². The molecule has 16 heavy (non-hydrogen) atoms. The number of hydrogen-bond donors (Lipinski definition) is 1. The van der Waals surface area contributed by atoms with Crippen LogP contribution in [0.1, 0.15) is 42.7 Å². The Morgan fingerprint density at radius 3 is 3.06 bits per heavy atom. The summed E-state index contributed by atoms with van der Waals surface area (Å²) in [5, 5.41) is 13.7. The first-order valence-electron chi connectivity index (χ1n) is 6.04. The van der Waals surface area contributed by atoms with Crippen LogP contribution in [0.15, 0.2) is 0 Å². The zero-order valence-corrected chi connectivity index (χ0v) is 10.8. The molecule has 0 amide bonds. The maximum Gasteiger partial charge on any atom is 0.107 e. The Hall–Kier alpha value is -1.01. The Morgan fingerprint density at radius 2 is 2.38 bits per heavy atom. The summed E-state index contributed by atoms with van der Waals surface area (Å²) in [7, 11) is 0. The van der Waals surface area contributed by atoms with Crippen molar-refractivity contribution in [3.05, 3.63) is 16.0 Å². The lowest BCUT2D eigenvalue weighted by Crippen LogP contribution is -2.09. The lowest BCUT2D eigenvalue weighted by molar-refractivity contribution is 0.507. The number of nitrogens with one attached hydrogen (secondary N) is 1. The van der Waals surface area contributed by atoms with Crippen LogP contribution in [0.25, 0.3) is 0 Å². The van der Waals surface area contributed by atoms with Gasteiger partial charge in [0.15, 0.2) is 0 Å². The van der Waals surface area contributed by atoms with Gasteiger partial charge >= 0.3 is 0 Å². The molecule has 1 aromatic heterocycles. The van der Waals surface area contributed by atoms with Crippen molar-refractivity contribution in [2.24, 2.45) is 5.92 Å². The molecule has 1 unspecified atom stereocenters. The normalized spacial score (nSPS) is 18.9. The molecule has 1 heterocycles. The van der Waals surface area contributed by atoms with Crippen molar-refractivity contribution in [2.45, 2.75) is 39.5 Å². The van der Waals surface area contributed by atoms with E-state index < -0.39 is 0 Å². The van der Waals surface area contributed by atoms with Gasteiger partial charge in [-0.05, 0) is 37.2 Å². The van der Waals surface area contributed by atoms with Crippen LogP contribution in [-0.2, 0) is 12.8 Å². The summed E-state index contributed by atoms with van der Waals surface area (Å²) >= 11 is 1.80. The number of fused-ring (bicyclic) bond motifs is 1. The predicted molar refractivity (Wildman–Crippen MR) is 69.0 cm³/mol. The largest absolute Gasteiger partial charge is 0.376 e. The van der Waals surface area contributed by atoms with Crippen molar-refractivity contribution >= 4 is 16.3 Å². The van der Waals surface area contributed by atoms with E-state index in [0.29, 0.717) is 0 Å². The minimum Gasteiger partial charge on any atom is -0.376 e. The van der Waals surface area contributed by atoms with Gasteiger partial charge in [-0.2, -0.15) is 5.26 Å². The quantitative estimate of drug-likeness (QED) is 0.868. The van der Waals surface area contributed by atoms with E-state index in [4.69, 9.17) is 0 Å². The van der Waals surface area contributed by atoms with E-state index in [1.54, 1.807) is 11.3 Å². The molecule has 0 bridgehead atoms. The Labute approximate surface area is 101 Å². The highest BCUT2D eigenvalue weighted by molar-refractivity contribution is 7.16. The summed E-state index contributed by atoms with van der Waals surface area (Å²) < 4.78 is 0. The van der Waals surface area contributed by atoms with Crippen molar-refractivity contribution in [2.75, 3.05) is 11.9 Å². The number of nitrogens with zero attached hydrogens (tertiary/aromatic N) is 1. The summed E-state index contributed by atoms with van der Waals surface area (Å²) in [6.45, 7) is 5.41.